The Morgan fingerprint density at radius 3 is 2.64 bits per heavy atom. The molecule has 0 spiro atoms. The van der Waals surface area contributed by atoms with Crippen LogP contribution in [0.3, 0.4) is 0 Å². The van der Waals surface area contributed by atoms with Crippen LogP contribution in [0.25, 0.3) is 0 Å². The first kappa shape index (κ1) is 19.7. The molecule has 0 aromatic heterocycles. The second kappa shape index (κ2) is 9.75. The molecule has 1 aromatic carbocycles. The van der Waals surface area contributed by atoms with E-state index in [1.54, 1.807) is 6.92 Å². The van der Waals surface area contributed by atoms with Gasteiger partial charge in [0.25, 0.3) is 0 Å². The molecule has 6 nitrogen and oxygen atoms in total. The number of hydrazine groups is 1. The topological polar surface area (TPSA) is 71.0 Å². The maximum absolute atomic E-state index is 12.7. The highest BCUT2D eigenvalue weighted by Crippen LogP contribution is 2.16. The quantitative estimate of drug-likeness (QED) is 0.705. The molecule has 0 saturated carbocycles. The normalized spacial score (nSPS) is 19.6. The molecule has 1 heterocycles. The second-order valence-electron chi connectivity index (χ2n) is 6.99. The second-order valence-corrected chi connectivity index (χ2v) is 6.99. The molecule has 0 radical (unpaired) electrons. The molecular weight excluding hydrogens is 320 g/mol. The van der Waals surface area contributed by atoms with Crippen LogP contribution in [0.2, 0.25) is 0 Å². The van der Waals surface area contributed by atoms with Gasteiger partial charge in [-0.15, -0.1) is 0 Å². The zero-order chi connectivity index (χ0) is 18.2. The van der Waals surface area contributed by atoms with E-state index in [0.717, 1.165) is 5.56 Å². The molecule has 1 aliphatic rings. The number of carbonyl (C=O) groups is 1. The van der Waals surface area contributed by atoms with Crippen LogP contribution < -0.4 is 5.43 Å². The summed E-state index contributed by atoms with van der Waals surface area (Å²) in [7, 11) is 0. The number of hydrogen-bond acceptors (Lipinski definition) is 5. The zero-order valence-corrected chi connectivity index (χ0v) is 15.4. The van der Waals surface area contributed by atoms with Gasteiger partial charge >= 0.3 is 6.09 Å². The Morgan fingerprint density at radius 1 is 1.36 bits per heavy atom. The fourth-order valence-corrected chi connectivity index (χ4v) is 2.74. The number of nitrogens with zero attached hydrogens (tertiary/aromatic N) is 1. The number of aliphatic hydroxyl groups is 1. The first-order valence-corrected chi connectivity index (χ1v) is 9.00. The highest BCUT2D eigenvalue weighted by molar-refractivity contribution is 5.68. The van der Waals surface area contributed by atoms with Crippen molar-refractivity contribution < 1.29 is 19.4 Å². The lowest BCUT2D eigenvalue weighted by Crippen LogP contribution is -2.56. The van der Waals surface area contributed by atoms with Crippen molar-refractivity contribution >= 4 is 6.09 Å². The van der Waals surface area contributed by atoms with Gasteiger partial charge in [-0.1, -0.05) is 44.2 Å². The Kier molecular flexibility index (Phi) is 7.68. The molecule has 25 heavy (non-hydrogen) atoms. The van der Waals surface area contributed by atoms with E-state index in [2.05, 4.69) is 19.3 Å². The van der Waals surface area contributed by atoms with Crippen molar-refractivity contribution in [2.24, 2.45) is 5.92 Å². The van der Waals surface area contributed by atoms with Crippen molar-refractivity contribution in [3.8, 4) is 0 Å². The number of aliphatic hydroxyl groups excluding tert-OH is 1. The molecule has 3 unspecified atom stereocenters. The van der Waals surface area contributed by atoms with Crippen molar-refractivity contribution in [2.75, 3.05) is 19.8 Å². The van der Waals surface area contributed by atoms with E-state index < -0.39 is 18.2 Å². The van der Waals surface area contributed by atoms with Gasteiger partial charge < -0.3 is 14.6 Å². The first-order valence-electron chi connectivity index (χ1n) is 9.00. The fourth-order valence-electron chi connectivity index (χ4n) is 2.74. The average molecular weight is 350 g/mol. The van der Waals surface area contributed by atoms with Gasteiger partial charge in [0.1, 0.15) is 6.10 Å². The smallest absolute Gasteiger partial charge is 0.424 e. The lowest BCUT2D eigenvalue weighted by atomic mass is 10.0. The van der Waals surface area contributed by atoms with Gasteiger partial charge in [0.2, 0.25) is 0 Å². The Labute approximate surface area is 150 Å². The molecule has 1 aliphatic heterocycles. The minimum Gasteiger partial charge on any atom is -0.443 e. The van der Waals surface area contributed by atoms with Gasteiger partial charge in [-0.2, -0.15) is 0 Å². The molecule has 1 aromatic rings. The minimum atomic E-state index is -0.702. The summed E-state index contributed by atoms with van der Waals surface area (Å²) >= 11 is 0. The van der Waals surface area contributed by atoms with Gasteiger partial charge in [-0.05, 0) is 24.8 Å². The van der Waals surface area contributed by atoms with Gasteiger partial charge in [-0.25, -0.2) is 15.2 Å². The van der Waals surface area contributed by atoms with E-state index in [-0.39, 0.29) is 6.10 Å². The van der Waals surface area contributed by atoms with Crippen molar-refractivity contribution in [2.45, 2.75) is 51.9 Å². The number of amides is 1. The van der Waals surface area contributed by atoms with Crippen molar-refractivity contribution in [3.63, 3.8) is 0 Å². The summed E-state index contributed by atoms with van der Waals surface area (Å²) in [5.74, 6) is 0.358. The van der Waals surface area contributed by atoms with E-state index in [0.29, 0.717) is 38.5 Å². The third-order valence-corrected chi connectivity index (χ3v) is 4.20. The monoisotopic (exact) mass is 350 g/mol. The maximum Gasteiger partial charge on any atom is 0.424 e. The third-order valence-electron chi connectivity index (χ3n) is 4.20. The molecule has 6 heteroatoms. The van der Waals surface area contributed by atoms with E-state index in [1.807, 2.05) is 30.3 Å². The summed E-state index contributed by atoms with van der Waals surface area (Å²) in [6.07, 6.45) is -0.130. The molecule has 0 bridgehead atoms. The van der Waals surface area contributed by atoms with Gasteiger partial charge in [0.05, 0.1) is 25.4 Å². The first-order chi connectivity index (χ1) is 12.0. The van der Waals surface area contributed by atoms with E-state index in [1.165, 1.54) is 5.01 Å². The third kappa shape index (κ3) is 6.30. The molecule has 2 rings (SSSR count). The molecule has 1 fully saturated rings. The predicted molar refractivity (Wildman–Crippen MR) is 96.0 cm³/mol. The molecule has 3 atom stereocenters. The van der Waals surface area contributed by atoms with Crippen LogP contribution in [0, 0.1) is 5.92 Å². The average Bonchev–Trinajstić information content (AvgIpc) is 3.07. The Bertz CT molecular complexity index is 515. The minimum absolute atomic E-state index is 0.220. The molecule has 0 aliphatic carbocycles. The van der Waals surface area contributed by atoms with E-state index >= 15 is 0 Å². The van der Waals surface area contributed by atoms with Crippen LogP contribution in [0.15, 0.2) is 30.3 Å². The van der Waals surface area contributed by atoms with Crippen LogP contribution in [0.1, 0.15) is 32.8 Å². The highest BCUT2D eigenvalue weighted by atomic mass is 16.6. The molecule has 2 N–H and O–H groups in total. The maximum atomic E-state index is 12.7. The van der Waals surface area contributed by atoms with Crippen LogP contribution in [0.5, 0.6) is 0 Å². The largest absolute Gasteiger partial charge is 0.443 e. The number of carbonyl (C=O) groups excluding carboxylic acids is 1. The Hall–Kier alpha value is -1.63. The number of rotatable bonds is 8. The fraction of sp³-hybridized carbons (Fsp3) is 0.632. The lowest BCUT2D eigenvalue weighted by Gasteiger charge is -2.34. The Morgan fingerprint density at radius 2 is 2.08 bits per heavy atom. The van der Waals surface area contributed by atoms with Gasteiger partial charge in [-0.3, -0.25) is 0 Å². The number of nitrogens with one attached hydrogen (secondary N) is 1. The van der Waals surface area contributed by atoms with Crippen LogP contribution in [-0.4, -0.2) is 54.2 Å². The van der Waals surface area contributed by atoms with Gasteiger partial charge in [0, 0.05) is 13.0 Å². The van der Waals surface area contributed by atoms with Gasteiger partial charge in [0.15, 0.2) is 0 Å². The van der Waals surface area contributed by atoms with Crippen LogP contribution in [0.4, 0.5) is 4.79 Å². The summed E-state index contributed by atoms with van der Waals surface area (Å²) in [5.41, 5.74) is 4.21. The van der Waals surface area contributed by atoms with Crippen LogP contribution in [-0.2, 0) is 15.9 Å². The summed E-state index contributed by atoms with van der Waals surface area (Å²) < 4.78 is 10.8. The SMILES string of the molecule is CC(C)CNN(C(=O)OC1CCOC1)C(Cc1ccccc1)C(C)O. The van der Waals surface area contributed by atoms with Crippen molar-refractivity contribution in [1.82, 2.24) is 10.4 Å². The number of ether oxygens (including phenoxy) is 2. The summed E-state index contributed by atoms with van der Waals surface area (Å²) in [6.45, 7) is 7.49. The van der Waals surface area contributed by atoms with Crippen molar-refractivity contribution in [1.29, 1.82) is 0 Å². The molecule has 140 valence electrons. The summed E-state index contributed by atoms with van der Waals surface area (Å²) in [6, 6.07) is 9.42. The molecule has 1 saturated heterocycles. The summed E-state index contributed by atoms with van der Waals surface area (Å²) in [4.78, 5) is 12.7. The lowest BCUT2D eigenvalue weighted by molar-refractivity contribution is -0.00375. The van der Waals surface area contributed by atoms with E-state index in [4.69, 9.17) is 9.47 Å². The predicted octanol–water partition coefficient (Wildman–Crippen LogP) is 2.37. The standard InChI is InChI=1S/C19H30N2O4/c1-14(2)12-20-21(19(23)25-17-9-10-24-13-17)18(15(3)22)11-16-7-5-4-6-8-16/h4-8,14-15,17-18,20,22H,9-13H2,1-3H3. The van der Waals surface area contributed by atoms with Crippen LogP contribution >= 0.6 is 0 Å². The molecular formula is C19H30N2O4. The summed E-state index contributed by atoms with van der Waals surface area (Å²) in [5, 5.41) is 11.8. The zero-order valence-electron chi connectivity index (χ0n) is 15.4. The van der Waals surface area contributed by atoms with Crippen molar-refractivity contribution in [3.05, 3.63) is 35.9 Å². The number of hydrogen-bond donors (Lipinski definition) is 2. The highest BCUT2D eigenvalue weighted by Gasteiger charge is 2.31. The molecule has 1 amide bonds. The van der Waals surface area contributed by atoms with E-state index in [9.17, 15) is 9.90 Å². The Balaban J connectivity index is 2.11. The number of benzene rings is 1.